The van der Waals surface area contributed by atoms with E-state index in [9.17, 15) is 14.9 Å². The van der Waals surface area contributed by atoms with E-state index in [4.69, 9.17) is 0 Å². The minimum absolute atomic E-state index is 0.0971. The first kappa shape index (κ1) is 26.8. The average molecular weight is 545 g/mol. The van der Waals surface area contributed by atoms with Crippen LogP contribution in [0.3, 0.4) is 0 Å². The predicted molar refractivity (Wildman–Crippen MR) is 163 cm³/mol. The van der Waals surface area contributed by atoms with Gasteiger partial charge in [0.15, 0.2) is 0 Å². The van der Waals surface area contributed by atoms with Crippen LogP contribution in [0.4, 0.5) is 11.4 Å². The molecule has 1 atom stereocenters. The van der Waals surface area contributed by atoms with Crippen molar-refractivity contribution >= 4 is 45.7 Å². The van der Waals surface area contributed by atoms with Gasteiger partial charge in [0.2, 0.25) is 5.91 Å². The van der Waals surface area contributed by atoms with E-state index in [0.29, 0.717) is 33.2 Å². The van der Waals surface area contributed by atoms with Crippen LogP contribution >= 0.6 is 11.8 Å². The van der Waals surface area contributed by atoms with Gasteiger partial charge in [-0.3, -0.25) is 9.59 Å². The summed E-state index contributed by atoms with van der Waals surface area (Å²) < 4.78 is 0. The van der Waals surface area contributed by atoms with Crippen molar-refractivity contribution in [2.75, 3.05) is 16.4 Å². The molecule has 2 amide bonds. The van der Waals surface area contributed by atoms with Crippen molar-refractivity contribution in [1.29, 1.82) is 5.26 Å². The molecule has 0 unspecified atom stereocenters. The fourth-order valence-corrected chi connectivity index (χ4v) is 5.70. The second kappa shape index (κ2) is 11.9. The van der Waals surface area contributed by atoms with Crippen molar-refractivity contribution in [3.63, 3.8) is 0 Å². The molecule has 0 fully saturated rings. The standard InChI is InChI=1S/C33H28N4O2S/c1-21-10-6-9-15-28(21)37-32(39)30-22(2)35-33(27(19-34)31(30)24-12-4-3-5-13-24)40-20-29(38)36-26-17-16-23-11-7-8-14-25(23)18-26/h3-18,31,35H,20H2,1-2H3,(H,36,38)(H,37,39)/t31-/m0/s1. The van der Waals surface area contributed by atoms with Gasteiger partial charge in [-0.15, -0.1) is 0 Å². The molecule has 0 aromatic heterocycles. The summed E-state index contributed by atoms with van der Waals surface area (Å²) in [7, 11) is 0. The highest BCUT2D eigenvalue weighted by molar-refractivity contribution is 8.03. The lowest BCUT2D eigenvalue weighted by molar-refractivity contribution is -0.114. The van der Waals surface area contributed by atoms with Crippen LogP contribution in [0.1, 0.15) is 24.0 Å². The summed E-state index contributed by atoms with van der Waals surface area (Å²) in [5, 5.41) is 22.2. The van der Waals surface area contributed by atoms with Gasteiger partial charge in [0.25, 0.3) is 5.91 Å². The Morgan fingerprint density at radius 3 is 2.33 bits per heavy atom. The number of rotatable bonds is 7. The minimum Gasteiger partial charge on any atom is -0.353 e. The van der Waals surface area contributed by atoms with Gasteiger partial charge in [0.1, 0.15) is 0 Å². The monoisotopic (exact) mass is 544 g/mol. The van der Waals surface area contributed by atoms with Crippen LogP contribution in [-0.2, 0) is 9.59 Å². The molecular formula is C33H28N4O2S. The second-order valence-electron chi connectivity index (χ2n) is 9.53. The third kappa shape index (κ3) is 5.78. The number of para-hydroxylation sites is 1. The number of carbonyl (C=O) groups is 2. The van der Waals surface area contributed by atoms with E-state index in [0.717, 1.165) is 21.9 Å². The minimum atomic E-state index is -0.581. The normalized spacial score (nSPS) is 14.9. The molecule has 6 nitrogen and oxygen atoms in total. The van der Waals surface area contributed by atoms with Crippen LogP contribution in [-0.4, -0.2) is 17.6 Å². The summed E-state index contributed by atoms with van der Waals surface area (Å²) >= 11 is 1.25. The van der Waals surface area contributed by atoms with Crippen LogP contribution in [0, 0.1) is 18.3 Å². The van der Waals surface area contributed by atoms with Crippen LogP contribution in [0.5, 0.6) is 0 Å². The number of hydrogen-bond donors (Lipinski definition) is 3. The van der Waals surface area contributed by atoms with E-state index in [2.05, 4.69) is 22.0 Å². The maximum atomic E-state index is 13.6. The van der Waals surface area contributed by atoms with Crippen molar-refractivity contribution < 1.29 is 9.59 Å². The first-order valence-electron chi connectivity index (χ1n) is 12.9. The van der Waals surface area contributed by atoms with Gasteiger partial charge in [-0.25, -0.2) is 0 Å². The smallest absolute Gasteiger partial charge is 0.254 e. The Kier molecular flexibility index (Phi) is 7.99. The highest BCUT2D eigenvalue weighted by atomic mass is 32.2. The van der Waals surface area contributed by atoms with Crippen LogP contribution in [0.15, 0.2) is 119 Å². The number of nitrogens with one attached hydrogen (secondary N) is 3. The van der Waals surface area contributed by atoms with Crippen LogP contribution < -0.4 is 16.0 Å². The quantitative estimate of drug-likeness (QED) is 0.236. The number of thioether (sulfide) groups is 1. The molecule has 1 aliphatic rings. The van der Waals surface area contributed by atoms with Crippen molar-refractivity contribution in [3.05, 3.63) is 130 Å². The molecule has 198 valence electrons. The van der Waals surface area contributed by atoms with Crippen molar-refractivity contribution in [2.24, 2.45) is 0 Å². The Balaban J connectivity index is 1.39. The van der Waals surface area contributed by atoms with Crippen molar-refractivity contribution in [1.82, 2.24) is 5.32 Å². The number of allylic oxidation sites excluding steroid dienone is 2. The molecule has 0 saturated carbocycles. The van der Waals surface area contributed by atoms with Crippen molar-refractivity contribution in [3.8, 4) is 6.07 Å². The topological polar surface area (TPSA) is 94.0 Å². The molecule has 0 spiro atoms. The third-order valence-corrected chi connectivity index (χ3v) is 7.82. The number of nitrogens with zero attached hydrogens (tertiary/aromatic N) is 1. The lowest BCUT2D eigenvalue weighted by Gasteiger charge is -2.30. The van der Waals surface area contributed by atoms with Gasteiger partial charge in [-0.2, -0.15) is 5.26 Å². The van der Waals surface area contributed by atoms with Crippen molar-refractivity contribution in [2.45, 2.75) is 19.8 Å². The van der Waals surface area contributed by atoms with E-state index in [1.165, 1.54) is 11.8 Å². The summed E-state index contributed by atoms with van der Waals surface area (Å²) in [6.07, 6.45) is 0. The first-order chi connectivity index (χ1) is 19.4. The molecule has 1 aliphatic heterocycles. The Labute approximate surface area is 237 Å². The molecule has 1 heterocycles. The van der Waals surface area contributed by atoms with Crippen LogP contribution in [0.25, 0.3) is 10.8 Å². The largest absolute Gasteiger partial charge is 0.353 e. The second-order valence-corrected chi connectivity index (χ2v) is 10.5. The Morgan fingerprint density at radius 2 is 1.57 bits per heavy atom. The SMILES string of the molecule is CC1=C(C(=O)Nc2ccccc2C)[C@@H](c2ccccc2)C(C#N)=C(SCC(=O)Nc2ccc3ccccc3c2)N1. The molecule has 7 heteroatoms. The molecule has 0 radical (unpaired) electrons. The maximum Gasteiger partial charge on any atom is 0.254 e. The fraction of sp³-hybridized carbons (Fsp3) is 0.121. The molecule has 3 N–H and O–H groups in total. The summed E-state index contributed by atoms with van der Waals surface area (Å²) in [6, 6.07) is 33.2. The molecular weight excluding hydrogens is 516 g/mol. The van der Waals surface area contributed by atoms with E-state index < -0.39 is 5.92 Å². The van der Waals surface area contributed by atoms with Gasteiger partial charge in [0.05, 0.1) is 28.3 Å². The first-order valence-corrected chi connectivity index (χ1v) is 13.9. The number of dihydropyridines is 1. The average Bonchev–Trinajstić information content (AvgIpc) is 2.97. The Bertz CT molecular complexity index is 1700. The van der Waals surface area contributed by atoms with E-state index >= 15 is 0 Å². The number of hydrogen-bond acceptors (Lipinski definition) is 5. The highest BCUT2D eigenvalue weighted by Crippen LogP contribution is 2.41. The van der Waals surface area contributed by atoms with Crippen LogP contribution in [0.2, 0.25) is 0 Å². The molecule has 0 bridgehead atoms. The van der Waals surface area contributed by atoms with E-state index in [-0.39, 0.29) is 17.6 Å². The Morgan fingerprint density at radius 1 is 0.875 bits per heavy atom. The number of aryl methyl sites for hydroxylation is 1. The summed E-state index contributed by atoms with van der Waals surface area (Å²) in [4.78, 5) is 26.5. The van der Waals surface area contributed by atoms with Gasteiger partial charge >= 0.3 is 0 Å². The lowest BCUT2D eigenvalue weighted by atomic mass is 9.82. The molecule has 5 rings (SSSR count). The summed E-state index contributed by atoms with van der Waals surface area (Å²) in [5.74, 6) is -0.950. The molecule has 4 aromatic carbocycles. The van der Waals surface area contributed by atoms with Gasteiger partial charge in [-0.05, 0) is 53.9 Å². The van der Waals surface area contributed by atoms with E-state index in [1.54, 1.807) is 0 Å². The zero-order chi connectivity index (χ0) is 28.1. The number of amides is 2. The van der Waals surface area contributed by atoms with E-state index in [1.807, 2.05) is 111 Å². The molecule has 0 saturated heterocycles. The summed E-state index contributed by atoms with van der Waals surface area (Å²) in [5.41, 5.74) is 4.70. The predicted octanol–water partition coefficient (Wildman–Crippen LogP) is 6.85. The number of carbonyl (C=O) groups excluding carboxylic acids is 2. The lowest BCUT2D eigenvalue weighted by Crippen LogP contribution is -2.31. The van der Waals surface area contributed by atoms with Gasteiger partial charge in [-0.1, -0.05) is 90.6 Å². The Hall–Kier alpha value is -4.80. The molecule has 4 aromatic rings. The number of benzene rings is 4. The zero-order valence-corrected chi connectivity index (χ0v) is 23.0. The zero-order valence-electron chi connectivity index (χ0n) is 22.2. The highest BCUT2D eigenvalue weighted by Gasteiger charge is 2.35. The summed E-state index contributed by atoms with van der Waals surface area (Å²) in [6.45, 7) is 3.76. The fourth-order valence-electron chi connectivity index (χ4n) is 4.81. The number of anilines is 2. The number of fused-ring (bicyclic) bond motifs is 1. The molecule has 0 aliphatic carbocycles. The van der Waals surface area contributed by atoms with Gasteiger partial charge in [0, 0.05) is 22.6 Å². The van der Waals surface area contributed by atoms with Gasteiger partial charge < -0.3 is 16.0 Å². The third-order valence-electron chi connectivity index (χ3n) is 6.80. The molecule has 40 heavy (non-hydrogen) atoms. The number of nitriles is 1. The maximum absolute atomic E-state index is 13.6.